The number of carbonyl (C=O) groups is 1. The Labute approximate surface area is 223 Å². The molecule has 1 saturated carbocycles. The number of halogens is 2. The van der Waals surface area contributed by atoms with Crippen molar-refractivity contribution in [1.29, 1.82) is 0 Å². The van der Waals surface area contributed by atoms with E-state index in [2.05, 4.69) is 15.3 Å². The van der Waals surface area contributed by atoms with Gasteiger partial charge in [0, 0.05) is 24.2 Å². The van der Waals surface area contributed by atoms with Crippen molar-refractivity contribution in [3.8, 4) is 17.0 Å². The lowest BCUT2D eigenvalue weighted by Crippen LogP contribution is -2.46. The first-order valence-corrected chi connectivity index (χ1v) is 13.0. The van der Waals surface area contributed by atoms with Crippen molar-refractivity contribution in [2.75, 3.05) is 30.9 Å². The van der Waals surface area contributed by atoms with Crippen LogP contribution in [0.4, 0.5) is 20.2 Å². The van der Waals surface area contributed by atoms with Gasteiger partial charge >= 0.3 is 0 Å². The number of pyridine rings is 2. The summed E-state index contributed by atoms with van der Waals surface area (Å²) < 4.78 is 42.2. The SMILES string of the molecule is Nc1cc(F)c2nc1C(=O)Nc1cnccc1C1CC(N)C(O)C(CCOc3cc(C4COC4)cc(F)c3-2)C1. The van der Waals surface area contributed by atoms with E-state index in [0.717, 1.165) is 11.6 Å². The summed E-state index contributed by atoms with van der Waals surface area (Å²) in [7, 11) is 0. The maximum atomic E-state index is 15.7. The lowest BCUT2D eigenvalue weighted by atomic mass is 9.73. The number of aliphatic hydroxyl groups is 1. The fraction of sp³-hybridized carbons (Fsp3) is 0.393. The number of nitrogens with two attached hydrogens (primary N) is 2. The predicted octanol–water partition coefficient (Wildman–Crippen LogP) is 3.33. The monoisotopic (exact) mass is 537 g/mol. The molecule has 1 aliphatic carbocycles. The lowest BCUT2D eigenvalue weighted by molar-refractivity contribution is 0.00820. The molecule has 4 heterocycles. The fourth-order valence-corrected chi connectivity index (χ4v) is 5.80. The molecule has 3 aliphatic rings. The van der Waals surface area contributed by atoms with Crippen molar-refractivity contribution in [1.82, 2.24) is 9.97 Å². The summed E-state index contributed by atoms with van der Waals surface area (Å²) in [6.45, 7) is 1.02. The molecule has 1 saturated heterocycles. The zero-order valence-electron chi connectivity index (χ0n) is 21.1. The summed E-state index contributed by atoms with van der Waals surface area (Å²) in [6, 6.07) is 5.25. The van der Waals surface area contributed by atoms with Gasteiger partial charge in [0.2, 0.25) is 0 Å². The van der Waals surface area contributed by atoms with E-state index in [1.165, 1.54) is 12.3 Å². The van der Waals surface area contributed by atoms with Gasteiger partial charge in [0.15, 0.2) is 11.5 Å². The van der Waals surface area contributed by atoms with Crippen LogP contribution in [0.3, 0.4) is 0 Å². The number of fused-ring (bicyclic) bond motifs is 8. The molecule has 0 radical (unpaired) electrons. The highest BCUT2D eigenvalue weighted by Crippen LogP contribution is 2.42. The minimum absolute atomic E-state index is 0.0124. The third-order valence-corrected chi connectivity index (χ3v) is 8.00. The van der Waals surface area contributed by atoms with Crippen molar-refractivity contribution < 1.29 is 28.2 Å². The van der Waals surface area contributed by atoms with Gasteiger partial charge in [-0.25, -0.2) is 13.8 Å². The first kappa shape index (κ1) is 25.6. The Balaban J connectivity index is 1.50. The van der Waals surface area contributed by atoms with Crippen LogP contribution in [0.1, 0.15) is 52.7 Å². The van der Waals surface area contributed by atoms with Gasteiger partial charge in [-0.1, -0.05) is 0 Å². The second kappa shape index (κ2) is 10.1. The van der Waals surface area contributed by atoms with E-state index in [1.807, 2.05) is 0 Å². The second-order valence-corrected chi connectivity index (χ2v) is 10.5. The molecule has 204 valence electrons. The standard InChI is InChI=1S/C28H29F2N5O4/c29-18-6-14(16-11-38-12-16)8-23-24(18)25-19(30)9-20(31)26(35-25)28(37)34-22-10-33-3-1-17(22)15-5-13(2-4-39-23)27(36)21(32)7-15/h1,3,6,8-10,13,15-16,21,27,36H,2,4-5,7,11-12,31-32H2,(H,34,37). The van der Waals surface area contributed by atoms with Crippen LogP contribution in [-0.2, 0) is 4.74 Å². The van der Waals surface area contributed by atoms with E-state index < -0.39 is 29.7 Å². The number of aromatic nitrogens is 2. The van der Waals surface area contributed by atoms with Crippen LogP contribution in [-0.4, -0.2) is 52.9 Å². The summed E-state index contributed by atoms with van der Waals surface area (Å²) in [5.74, 6) is -2.54. The molecule has 0 spiro atoms. The number of nitrogens with one attached hydrogen (secondary N) is 1. The minimum atomic E-state index is -0.892. The minimum Gasteiger partial charge on any atom is -0.493 e. The quantitative estimate of drug-likeness (QED) is 0.370. The molecule has 1 aromatic carbocycles. The Morgan fingerprint density at radius 2 is 1.90 bits per heavy atom. The van der Waals surface area contributed by atoms with E-state index in [0.29, 0.717) is 43.7 Å². The number of anilines is 2. The first-order chi connectivity index (χ1) is 18.8. The molecule has 11 heteroatoms. The topological polar surface area (TPSA) is 146 Å². The molecule has 9 nitrogen and oxygen atoms in total. The molecule has 2 aromatic heterocycles. The summed E-state index contributed by atoms with van der Waals surface area (Å²) in [6.07, 6.45) is 3.91. The van der Waals surface area contributed by atoms with E-state index in [1.54, 1.807) is 18.3 Å². The van der Waals surface area contributed by atoms with Crippen LogP contribution < -0.4 is 21.5 Å². The number of nitrogen functional groups attached to an aromatic ring is 1. The normalized spacial score (nSPS) is 25.2. The van der Waals surface area contributed by atoms with Crippen LogP contribution in [0, 0.1) is 17.6 Å². The van der Waals surface area contributed by atoms with Crippen LogP contribution >= 0.6 is 0 Å². The third kappa shape index (κ3) is 4.70. The van der Waals surface area contributed by atoms with Crippen LogP contribution in [0.5, 0.6) is 5.75 Å². The molecule has 4 atom stereocenters. The lowest BCUT2D eigenvalue weighted by Gasteiger charge is -2.38. The summed E-state index contributed by atoms with van der Waals surface area (Å²) in [4.78, 5) is 21.7. The molecule has 1 amide bonds. The van der Waals surface area contributed by atoms with Crippen LogP contribution in [0.15, 0.2) is 36.7 Å². The molecule has 2 fully saturated rings. The van der Waals surface area contributed by atoms with Gasteiger partial charge in [-0.15, -0.1) is 0 Å². The van der Waals surface area contributed by atoms with Gasteiger partial charge in [0.1, 0.15) is 17.3 Å². The highest BCUT2D eigenvalue weighted by molar-refractivity contribution is 6.07. The van der Waals surface area contributed by atoms with Gasteiger partial charge in [0.05, 0.1) is 49.1 Å². The van der Waals surface area contributed by atoms with Crippen molar-refractivity contribution in [3.63, 3.8) is 0 Å². The Morgan fingerprint density at radius 3 is 2.67 bits per heavy atom. The Kier molecular flexibility index (Phi) is 6.66. The molecule has 4 unspecified atom stereocenters. The van der Waals surface area contributed by atoms with Crippen LogP contribution in [0.25, 0.3) is 11.3 Å². The smallest absolute Gasteiger partial charge is 0.276 e. The predicted molar refractivity (Wildman–Crippen MR) is 139 cm³/mol. The third-order valence-electron chi connectivity index (χ3n) is 8.00. The van der Waals surface area contributed by atoms with E-state index in [-0.39, 0.29) is 52.7 Å². The maximum absolute atomic E-state index is 15.7. The number of hydrogen-bond donors (Lipinski definition) is 4. The fourth-order valence-electron chi connectivity index (χ4n) is 5.80. The highest BCUT2D eigenvalue weighted by Gasteiger charge is 2.37. The Bertz CT molecular complexity index is 1430. The summed E-state index contributed by atoms with van der Waals surface area (Å²) in [5.41, 5.74) is 13.2. The summed E-state index contributed by atoms with van der Waals surface area (Å²) >= 11 is 0. The molecule has 2 aliphatic heterocycles. The number of amides is 1. The molecule has 39 heavy (non-hydrogen) atoms. The summed E-state index contributed by atoms with van der Waals surface area (Å²) in [5, 5.41) is 13.7. The molecule has 4 bridgehead atoms. The van der Waals surface area contributed by atoms with Gasteiger partial charge in [0.25, 0.3) is 5.91 Å². The van der Waals surface area contributed by atoms with E-state index >= 15 is 8.78 Å². The molecular formula is C28H29F2N5O4. The zero-order valence-corrected chi connectivity index (χ0v) is 21.1. The number of rotatable bonds is 1. The average molecular weight is 538 g/mol. The van der Waals surface area contributed by atoms with Gasteiger partial charge in [-0.2, -0.15) is 0 Å². The van der Waals surface area contributed by atoms with Crippen molar-refractivity contribution >= 4 is 17.3 Å². The van der Waals surface area contributed by atoms with Gasteiger partial charge < -0.3 is 31.4 Å². The average Bonchev–Trinajstić information content (AvgIpc) is 2.86. The number of ether oxygens (including phenoxy) is 2. The van der Waals surface area contributed by atoms with Gasteiger partial charge in [-0.05, 0) is 60.4 Å². The molecule has 3 aromatic rings. The Hall–Kier alpha value is -3.67. The number of benzene rings is 1. The van der Waals surface area contributed by atoms with Gasteiger partial charge in [-0.3, -0.25) is 9.78 Å². The number of nitrogens with zero attached hydrogens (tertiary/aromatic N) is 2. The van der Waals surface area contributed by atoms with E-state index in [4.69, 9.17) is 20.9 Å². The van der Waals surface area contributed by atoms with Crippen molar-refractivity contribution in [3.05, 3.63) is 65.1 Å². The van der Waals surface area contributed by atoms with Crippen LogP contribution in [0.2, 0.25) is 0 Å². The molecular weight excluding hydrogens is 508 g/mol. The van der Waals surface area contributed by atoms with Crippen molar-refractivity contribution in [2.45, 2.75) is 43.2 Å². The number of carbonyl (C=O) groups excluding carboxylic acids is 1. The number of aliphatic hydroxyl groups excluding tert-OH is 1. The highest BCUT2D eigenvalue weighted by atomic mass is 19.1. The zero-order chi connectivity index (χ0) is 27.3. The Morgan fingerprint density at radius 1 is 1.08 bits per heavy atom. The molecule has 6 rings (SSSR count). The first-order valence-electron chi connectivity index (χ1n) is 13.0. The second-order valence-electron chi connectivity index (χ2n) is 10.5. The number of hydrogen-bond acceptors (Lipinski definition) is 8. The molecule has 6 N–H and O–H groups in total. The maximum Gasteiger partial charge on any atom is 0.276 e. The van der Waals surface area contributed by atoms with E-state index in [9.17, 15) is 9.90 Å². The largest absolute Gasteiger partial charge is 0.493 e. The van der Waals surface area contributed by atoms with Crippen molar-refractivity contribution in [2.24, 2.45) is 11.7 Å².